The van der Waals surface area contributed by atoms with Gasteiger partial charge >= 0.3 is 0 Å². The molecule has 1 saturated carbocycles. The number of methoxy groups -OCH3 is 1. The van der Waals surface area contributed by atoms with E-state index >= 15 is 0 Å². The maximum absolute atomic E-state index is 10.9. The molecule has 1 aromatic rings. The van der Waals surface area contributed by atoms with E-state index in [1.807, 2.05) is 0 Å². The zero-order valence-corrected chi connectivity index (χ0v) is 9.97. The van der Waals surface area contributed by atoms with Gasteiger partial charge in [0.05, 0.1) is 12.0 Å². The largest absolute Gasteiger partial charge is 0.497 e. The van der Waals surface area contributed by atoms with Crippen LogP contribution in [0.25, 0.3) is 0 Å². The number of hydrogen-bond donors (Lipinski definition) is 1. The fourth-order valence-electron chi connectivity index (χ4n) is 1.88. The van der Waals surface area contributed by atoms with Crippen molar-refractivity contribution in [2.24, 2.45) is 5.92 Å². The van der Waals surface area contributed by atoms with Crippen LogP contribution in [0.4, 0.5) is 11.4 Å². The smallest absolute Gasteiger partial charge is 0.292 e. The van der Waals surface area contributed by atoms with Crippen LogP contribution in [0.3, 0.4) is 0 Å². The lowest BCUT2D eigenvalue weighted by atomic mass is 10.2. The molecule has 0 spiro atoms. The Kier molecular flexibility index (Phi) is 3.17. The summed E-state index contributed by atoms with van der Waals surface area (Å²) >= 11 is 0. The van der Waals surface area contributed by atoms with Crippen molar-refractivity contribution in [3.63, 3.8) is 0 Å². The van der Waals surface area contributed by atoms with Gasteiger partial charge in [0.25, 0.3) is 5.69 Å². The molecule has 1 aromatic carbocycles. The minimum atomic E-state index is -0.374. The highest BCUT2D eigenvalue weighted by Gasteiger charge is 2.29. The van der Waals surface area contributed by atoms with Crippen molar-refractivity contribution in [3.8, 4) is 5.75 Å². The number of anilines is 1. The van der Waals surface area contributed by atoms with Crippen molar-refractivity contribution in [2.75, 3.05) is 12.4 Å². The first-order chi connectivity index (χ1) is 8.11. The summed E-state index contributed by atoms with van der Waals surface area (Å²) in [6.07, 6.45) is 2.40. The fraction of sp³-hybridized carbons (Fsp3) is 0.500. The van der Waals surface area contributed by atoms with Gasteiger partial charge < -0.3 is 10.1 Å². The first-order valence-electron chi connectivity index (χ1n) is 5.71. The molecule has 1 N–H and O–H groups in total. The van der Waals surface area contributed by atoms with Crippen LogP contribution in [0, 0.1) is 16.0 Å². The average molecular weight is 236 g/mol. The van der Waals surface area contributed by atoms with Gasteiger partial charge in [-0.05, 0) is 31.7 Å². The Hall–Kier alpha value is -1.78. The maximum atomic E-state index is 10.9. The Morgan fingerprint density at radius 2 is 2.24 bits per heavy atom. The second-order valence-corrected chi connectivity index (χ2v) is 4.41. The first-order valence-corrected chi connectivity index (χ1v) is 5.71. The highest BCUT2D eigenvalue weighted by molar-refractivity contribution is 5.64. The lowest BCUT2D eigenvalue weighted by molar-refractivity contribution is -0.384. The molecular weight excluding hydrogens is 220 g/mol. The zero-order valence-electron chi connectivity index (χ0n) is 9.97. The Labute approximate surface area is 99.9 Å². The molecule has 1 atom stereocenters. The van der Waals surface area contributed by atoms with E-state index in [9.17, 15) is 10.1 Å². The van der Waals surface area contributed by atoms with Crippen molar-refractivity contribution in [2.45, 2.75) is 25.8 Å². The Balaban J connectivity index is 2.23. The summed E-state index contributed by atoms with van der Waals surface area (Å²) < 4.78 is 5.08. The van der Waals surface area contributed by atoms with Crippen LogP contribution in [-0.2, 0) is 0 Å². The quantitative estimate of drug-likeness (QED) is 0.630. The van der Waals surface area contributed by atoms with Crippen molar-refractivity contribution in [1.82, 2.24) is 0 Å². The molecule has 5 heteroatoms. The Morgan fingerprint density at radius 1 is 1.53 bits per heavy atom. The number of nitrogens with one attached hydrogen (secondary N) is 1. The van der Waals surface area contributed by atoms with Crippen LogP contribution in [0.5, 0.6) is 5.75 Å². The van der Waals surface area contributed by atoms with Gasteiger partial charge in [0, 0.05) is 18.2 Å². The van der Waals surface area contributed by atoms with Crippen LogP contribution in [0.15, 0.2) is 18.2 Å². The van der Waals surface area contributed by atoms with E-state index in [1.54, 1.807) is 19.2 Å². The molecule has 1 unspecified atom stereocenters. The summed E-state index contributed by atoms with van der Waals surface area (Å²) in [6, 6.07) is 5.02. The number of nitrogens with zero attached hydrogens (tertiary/aromatic N) is 1. The summed E-state index contributed by atoms with van der Waals surface area (Å²) in [5, 5.41) is 14.1. The monoisotopic (exact) mass is 236 g/mol. The molecule has 1 aliphatic rings. The predicted molar refractivity (Wildman–Crippen MR) is 65.5 cm³/mol. The number of rotatable bonds is 5. The average Bonchev–Trinajstić information content (AvgIpc) is 3.12. The van der Waals surface area contributed by atoms with Crippen LogP contribution in [0.1, 0.15) is 19.8 Å². The highest BCUT2D eigenvalue weighted by Crippen LogP contribution is 2.36. The summed E-state index contributed by atoms with van der Waals surface area (Å²) in [5.41, 5.74) is 0.632. The molecule has 0 heterocycles. The zero-order chi connectivity index (χ0) is 12.4. The van der Waals surface area contributed by atoms with Crippen molar-refractivity contribution < 1.29 is 9.66 Å². The highest BCUT2D eigenvalue weighted by atomic mass is 16.6. The van der Waals surface area contributed by atoms with E-state index in [0.29, 0.717) is 17.4 Å². The fourth-order valence-corrected chi connectivity index (χ4v) is 1.88. The molecule has 2 rings (SSSR count). The number of hydrogen-bond acceptors (Lipinski definition) is 4. The third kappa shape index (κ3) is 2.67. The minimum absolute atomic E-state index is 0.0956. The van der Waals surface area contributed by atoms with Gasteiger partial charge in [0.2, 0.25) is 0 Å². The normalized spacial score (nSPS) is 16.4. The topological polar surface area (TPSA) is 64.4 Å². The second-order valence-electron chi connectivity index (χ2n) is 4.41. The van der Waals surface area contributed by atoms with Gasteiger partial charge in [-0.3, -0.25) is 10.1 Å². The lowest BCUT2D eigenvalue weighted by Crippen LogP contribution is -2.18. The lowest BCUT2D eigenvalue weighted by Gasteiger charge is -2.15. The molecule has 0 saturated heterocycles. The molecule has 0 aromatic heterocycles. The predicted octanol–water partition coefficient (Wildman–Crippen LogP) is 2.81. The summed E-state index contributed by atoms with van der Waals surface area (Å²) in [4.78, 5) is 10.5. The number of nitro groups is 1. The van der Waals surface area contributed by atoms with E-state index < -0.39 is 0 Å². The molecule has 1 aliphatic carbocycles. The van der Waals surface area contributed by atoms with Crippen LogP contribution >= 0.6 is 0 Å². The second kappa shape index (κ2) is 4.61. The summed E-state index contributed by atoms with van der Waals surface area (Å²) in [7, 11) is 1.55. The van der Waals surface area contributed by atoms with Gasteiger partial charge in [-0.2, -0.15) is 0 Å². The molecule has 1 fully saturated rings. The van der Waals surface area contributed by atoms with Gasteiger partial charge in [0.1, 0.15) is 11.4 Å². The molecule has 0 radical (unpaired) electrons. The number of ether oxygens (including phenoxy) is 1. The molecule has 92 valence electrons. The van der Waals surface area contributed by atoms with E-state index in [2.05, 4.69) is 12.2 Å². The third-order valence-corrected chi connectivity index (χ3v) is 3.11. The molecule has 0 aliphatic heterocycles. The third-order valence-electron chi connectivity index (χ3n) is 3.11. The minimum Gasteiger partial charge on any atom is -0.497 e. The summed E-state index contributed by atoms with van der Waals surface area (Å²) in [6.45, 7) is 2.06. The molecule has 0 amide bonds. The van der Waals surface area contributed by atoms with Gasteiger partial charge in [-0.1, -0.05) is 0 Å². The van der Waals surface area contributed by atoms with Crippen molar-refractivity contribution >= 4 is 11.4 Å². The molecule has 5 nitrogen and oxygen atoms in total. The van der Waals surface area contributed by atoms with E-state index in [1.165, 1.54) is 18.9 Å². The number of benzene rings is 1. The SMILES string of the molecule is COc1ccc([N+](=O)[O-])c(NC(C)C2CC2)c1. The Morgan fingerprint density at radius 3 is 2.76 bits per heavy atom. The summed E-state index contributed by atoms with van der Waals surface area (Å²) in [5.74, 6) is 1.27. The van der Waals surface area contributed by atoms with Gasteiger partial charge in [-0.25, -0.2) is 0 Å². The van der Waals surface area contributed by atoms with Crippen LogP contribution in [-0.4, -0.2) is 18.1 Å². The van der Waals surface area contributed by atoms with Crippen molar-refractivity contribution in [1.29, 1.82) is 0 Å². The molecular formula is C12H16N2O3. The van der Waals surface area contributed by atoms with Gasteiger partial charge in [-0.15, -0.1) is 0 Å². The van der Waals surface area contributed by atoms with E-state index in [-0.39, 0.29) is 16.7 Å². The number of nitro benzene ring substituents is 1. The first kappa shape index (κ1) is 11.7. The molecule has 17 heavy (non-hydrogen) atoms. The standard InChI is InChI=1S/C12H16N2O3/c1-8(9-3-4-9)13-11-7-10(17-2)5-6-12(11)14(15)16/h5-9,13H,3-4H2,1-2H3. The van der Waals surface area contributed by atoms with Crippen molar-refractivity contribution in [3.05, 3.63) is 28.3 Å². The van der Waals surface area contributed by atoms with Crippen LogP contribution in [0.2, 0.25) is 0 Å². The van der Waals surface area contributed by atoms with E-state index in [0.717, 1.165) is 0 Å². The maximum Gasteiger partial charge on any atom is 0.292 e. The van der Waals surface area contributed by atoms with Crippen LogP contribution < -0.4 is 10.1 Å². The van der Waals surface area contributed by atoms with E-state index in [4.69, 9.17) is 4.74 Å². The van der Waals surface area contributed by atoms with Gasteiger partial charge in [0.15, 0.2) is 0 Å². The Bertz CT molecular complexity index is 430. The molecule has 0 bridgehead atoms.